The summed E-state index contributed by atoms with van der Waals surface area (Å²) >= 11 is 0. The number of halogens is 1. The molecule has 1 aliphatic heterocycles. The highest BCUT2D eigenvalue weighted by atomic mass is 19.1. The lowest BCUT2D eigenvalue weighted by Gasteiger charge is -2.15. The van der Waals surface area contributed by atoms with E-state index in [9.17, 15) is 9.18 Å². The molecule has 1 aromatic heterocycles. The zero-order valence-electron chi connectivity index (χ0n) is 13.8. The molecule has 6 nitrogen and oxygen atoms in total. The average Bonchev–Trinajstić information content (AvgIpc) is 3.14. The predicted molar refractivity (Wildman–Crippen MR) is 89.9 cm³/mol. The van der Waals surface area contributed by atoms with Crippen LogP contribution in [0.4, 0.5) is 10.1 Å². The summed E-state index contributed by atoms with van der Waals surface area (Å²) in [6.45, 7) is 1.12. The van der Waals surface area contributed by atoms with E-state index < -0.39 is 5.82 Å². The number of hydrogen-bond acceptors (Lipinski definition) is 5. The molecule has 2 aromatic rings. The van der Waals surface area contributed by atoms with Crippen molar-refractivity contribution in [1.29, 1.82) is 0 Å². The molecule has 2 heterocycles. The lowest BCUT2D eigenvalue weighted by atomic mass is 10.2. The minimum absolute atomic E-state index is 0.0476. The Morgan fingerprint density at radius 3 is 3.08 bits per heavy atom. The van der Waals surface area contributed by atoms with E-state index in [1.165, 1.54) is 24.5 Å². The van der Waals surface area contributed by atoms with E-state index in [-0.39, 0.29) is 18.4 Å². The number of carbonyl (C=O) groups excluding carboxylic acids is 1. The fraction of sp³-hybridized carbons (Fsp3) is 0.389. The van der Waals surface area contributed by atoms with Crippen LogP contribution >= 0.6 is 0 Å². The molecule has 0 bridgehead atoms. The molecule has 1 atom stereocenters. The first-order valence-corrected chi connectivity index (χ1v) is 8.29. The van der Waals surface area contributed by atoms with Crippen molar-refractivity contribution in [3.05, 3.63) is 48.3 Å². The smallest absolute Gasteiger partial charge is 0.224 e. The summed E-state index contributed by atoms with van der Waals surface area (Å²) in [4.78, 5) is 20.1. The number of anilines is 1. The first-order valence-electron chi connectivity index (χ1n) is 8.29. The number of amides is 1. The lowest BCUT2D eigenvalue weighted by Crippen LogP contribution is -2.18. The Kier molecular flexibility index (Phi) is 5.90. The Morgan fingerprint density at radius 1 is 1.40 bits per heavy atom. The van der Waals surface area contributed by atoms with Gasteiger partial charge in [0.25, 0.3) is 0 Å². The summed E-state index contributed by atoms with van der Waals surface area (Å²) in [5.41, 5.74) is 1.10. The van der Waals surface area contributed by atoms with Crippen molar-refractivity contribution in [2.45, 2.75) is 31.8 Å². The van der Waals surface area contributed by atoms with Gasteiger partial charge in [-0.3, -0.25) is 4.79 Å². The van der Waals surface area contributed by atoms with Gasteiger partial charge in [0.15, 0.2) is 0 Å². The normalized spacial score (nSPS) is 16.6. The molecule has 0 radical (unpaired) electrons. The second-order valence-electron chi connectivity index (χ2n) is 5.84. The molecule has 1 saturated heterocycles. The van der Waals surface area contributed by atoms with E-state index in [4.69, 9.17) is 9.47 Å². The Morgan fingerprint density at radius 2 is 2.32 bits per heavy atom. The van der Waals surface area contributed by atoms with Crippen LogP contribution in [-0.4, -0.2) is 35.2 Å². The third-order valence-corrected chi connectivity index (χ3v) is 3.92. The number of carbonyl (C=O) groups is 1. The van der Waals surface area contributed by atoms with Crippen LogP contribution in [0.5, 0.6) is 5.75 Å². The minimum Gasteiger partial charge on any atom is -0.489 e. The van der Waals surface area contributed by atoms with Crippen LogP contribution in [-0.2, 0) is 16.0 Å². The van der Waals surface area contributed by atoms with Crippen LogP contribution < -0.4 is 10.1 Å². The maximum Gasteiger partial charge on any atom is 0.224 e. The monoisotopic (exact) mass is 345 g/mol. The fourth-order valence-electron chi connectivity index (χ4n) is 2.60. The highest BCUT2D eigenvalue weighted by Crippen LogP contribution is 2.26. The van der Waals surface area contributed by atoms with Gasteiger partial charge >= 0.3 is 0 Å². The van der Waals surface area contributed by atoms with E-state index >= 15 is 0 Å². The number of ether oxygens (including phenoxy) is 2. The van der Waals surface area contributed by atoms with Gasteiger partial charge < -0.3 is 14.8 Å². The third kappa shape index (κ3) is 5.22. The van der Waals surface area contributed by atoms with Crippen molar-refractivity contribution in [2.75, 3.05) is 18.5 Å². The summed E-state index contributed by atoms with van der Waals surface area (Å²) in [6.07, 6.45) is 5.80. The van der Waals surface area contributed by atoms with Crippen molar-refractivity contribution in [2.24, 2.45) is 0 Å². The molecule has 1 amide bonds. The summed E-state index contributed by atoms with van der Waals surface area (Å²) < 4.78 is 24.8. The molecule has 1 fully saturated rings. The Labute approximate surface area is 145 Å². The van der Waals surface area contributed by atoms with Gasteiger partial charge in [-0.15, -0.1) is 0 Å². The molecule has 0 aliphatic carbocycles. The van der Waals surface area contributed by atoms with Crippen LogP contribution in [0.3, 0.4) is 0 Å². The van der Waals surface area contributed by atoms with Gasteiger partial charge in [0, 0.05) is 31.0 Å². The van der Waals surface area contributed by atoms with Gasteiger partial charge in [0.05, 0.1) is 11.8 Å². The molecule has 0 spiro atoms. The Bertz CT molecular complexity index is 706. The van der Waals surface area contributed by atoms with Gasteiger partial charge in [-0.25, -0.2) is 14.4 Å². The number of aryl methyl sites for hydroxylation is 1. The van der Waals surface area contributed by atoms with Gasteiger partial charge in [0.2, 0.25) is 5.91 Å². The second kappa shape index (κ2) is 8.53. The number of nitrogens with zero attached hydrogens (tertiary/aromatic N) is 2. The van der Waals surface area contributed by atoms with Crippen molar-refractivity contribution >= 4 is 11.6 Å². The Balaban J connectivity index is 1.57. The molecule has 0 saturated carbocycles. The van der Waals surface area contributed by atoms with E-state index in [0.29, 0.717) is 24.5 Å². The van der Waals surface area contributed by atoms with Crippen LogP contribution in [0.25, 0.3) is 0 Å². The summed E-state index contributed by atoms with van der Waals surface area (Å²) in [5, 5.41) is 2.71. The number of nitrogens with one attached hydrogen (secondary N) is 1. The maximum absolute atomic E-state index is 13.5. The van der Waals surface area contributed by atoms with Crippen molar-refractivity contribution in [3.8, 4) is 5.75 Å². The van der Waals surface area contributed by atoms with Crippen LogP contribution in [0.15, 0.2) is 36.8 Å². The largest absolute Gasteiger partial charge is 0.489 e. The first-order chi connectivity index (χ1) is 12.2. The molecule has 3 rings (SSSR count). The molecule has 1 aliphatic rings. The molecule has 1 N–H and O–H groups in total. The van der Waals surface area contributed by atoms with Gasteiger partial charge in [0.1, 0.15) is 24.5 Å². The zero-order chi connectivity index (χ0) is 17.5. The zero-order valence-corrected chi connectivity index (χ0v) is 13.8. The summed E-state index contributed by atoms with van der Waals surface area (Å²) in [7, 11) is 0. The molecule has 25 heavy (non-hydrogen) atoms. The van der Waals surface area contributed by atoms with Gasteiger partial charge in [-0.05, 0) is 37.5 Å². The second-order valence-corrected chi connectivity index (χ2v) is 5.84. The van der Waals surface area contributed by atoms with Crippen LogP contribution in [0.1, 0.15) is 25.0 Å². The van der Waals surface area contributed by atoms with Gasteiger partial charge in [-0.1, -0.05) is 0 Å². The quantitative estimate of drug-likeness (QED) is 0.835. The maximum atomic E-state index is 13.5. The Hall–Kier alpha value is -2.54. The SMILES string of the molecule is O=C(CCc1ccncn1)Nc1cc(F)ccc1OCC1CCCO1. The number of hydrogen-bond donors (Lipinski definition) is 1. The third-order valence-electron chi connectivity index (χ3n) is 3.92. The predicted octanol–water partition coefficient (Wildman–Crippen LogP) is 2.74. The van der Waals surface area contributed by atoms with Crippen LogP contribution in [0.2, 0.25) is 0 Å². The standard InChI is InChI=1S/C18H20FN3O3/c19-13-3-5-17(25-11-15-2-1-9-24-15)16(10-13)22-18(23)6-4-14-7-8-20-12-21-14/h3,5,7-8,10,12,15H,1-2,4,6,9,11H2,(H,22,23). The molecule has 132 valence electrons. The lowest BCUT2D eigenvalue weighted by molar-refractivity contribution is -0.116. The van der Waals surface area contributed by atoms with Crippen molar-refractivity contribution < 1.29 is 18.7 Å². The number of aromatic nitrogens is 2. The molecular formula is C18H20FN3O3. The number of rotatable bonds is 7. The first kappa shape index (κ1) is 17.3. The summed E-state index contributed by atoms with van der Waals surface area (Å²) in [5.74, 6) is -0.228. The molecule has 1 aromatic carbocycles. The minimum atomic E-state index is -0.435. The molecule has 7 heteroatoms. The number of benzene rings is 1. The molecular weight excluding hydrogens is 325 g/mol. The average molecular weight is 345 g/mol. The van der Waals surface area contributed by atoms with Crippen molar-refractivity contribution in [1.82, 2.24) is 9.97 Å². The highest BCUT2D eigenvalue weighted by Gasteiger charge is 2.17. The summed E-state index contributed by atoms with van der Waals surface area (Å²) in [6, 6.07) is 5.84. The fourth-order valence-corrected chi connectivity index (χ4v) is 2.60. The van der Waals surface area contributed by atoms with Gasteiger partial charge in [-0.2, -0.15) is 0 Å². The highest BCUT2D eigenvalue weighted by molar-refractivity contribution is 5.92. The van der Waals surface area contributed by atoms with E-state index in [1.807, 2.05) is 0 Å². The van der Waals surface area contributed by atoms with Crippen LogP contribution in [0, 0.1) is 5.82 Å². The van der Waals surface area contributed by atoms with E-state index in [2.05, 4.69) is 15.3 Å². The topological polar surface area (TPSA) is 73.3 Å². The van der Waals surface area contributed by atoms with E-state index in [0.717, 1.165) is 25.1 Å². The molecule has 1 unspecified atom stereocenters. The van der Waals surface area contributed by atoms with Crippen molar-refractivity contribution in [3.63, 3.8) is 0 Å². The van der Waals surface area contributed by atoms with E-state index in [1.54, 1.807) is 12.3 Å².